The largest absolute Gasteiger partial charge is 0.497 e. The summed E-state index contributed by atoms with van der Waals surface area (Å²) in [7, 11) is 4.90. The van der Waals surface area contributed by atoms with Gasteiger partial charge in [0.15, 0.2) is 11.5 Å². The molecule has 0 radical (unpaired) electrons. The van der Waals surface area contributed by atoms with Crippen LogP contribution in [-0.4, -0.2) is 38.7 Å². The maximum atomic E-state index is 12.8. The summed E-state index contributed by atoms with van der Waals surface area (Å²) >= 11 is 0. The predicted molar refractivity (Wildman–Crippen MR) is 105 cm³/mol. The molecule has 5 heteroatoms. The minimum absolute atomic E-state index is 0.161. The van der Waals surface area contributed by atoms with Gasteiger partial charge in [-0.05, 0) is 54.7 Å². The van der Waals surface area contributed by atoms with Crippen LogP contribution in [0.25, 0.3) is 0 Å². The number of rotatable bonds is 7. The van der Waals surface area contributed by atoms with Gasteiger partial charge in [-0.25, -0.2) is 0 Å². The van der Waals surface area contributed by atoms with E-state index in [0.29, 0.717) is 24.3 Å². The number of nitrogens with zero attached hydrogens (tertiary/aromatic N) is 1. The third-order valence-electron chi connectivity index (χ3n) is 5.15. The third-order valence-corrected chi connectivity index (χ3v) is 5.15. The first kappa shape index (κ1) is 19.1. The molecule has 2 aromatic rings. The molecule has 2 aromatic carbocycles. The lowest BCUT2D eigenvalue weighted by Crippen LogP contribution is -2.30. The highest BCUT2D eigenvalue weighted by Gasteiger charge is 2.29. The molecule has 0 saturated carbocycles. The van der Waals surface area contributed by atoms with Crippen LogP contribution in [0.2, 0.25) is 0 Å². The number of carbonyl (C=O) groups is 1. The molecule has 5 nitrogen and oxygen atoms in total. The summed E-state index contributed by atoms with van der Waals surface area (Å²) in [5, 5.41) is 0. The molecule has 1 aliphatic heterocycles. The predicted octanol–water partition coefficient (Wildman–Crippen LogP) is 4.01. The fourth-order valence-electron chi connectivity index (χ4n) is 3.67. The summed E-state index contributed by atoms with van der Waals surface area (Å²) in [6.07, 6.45) is 3.22. The van der Waals surface area contributed by atoms with Gasteiger partial charge in [0.05, 0.1) is 27.4 Å². The Kier molecular flexibility index (Phi) is 6.22. The lowest BCUT2D eigenvalue weighted by atomic mass is 10.0. The normalized spacial score (nSPS) is 16.3. The van der Waals surface area contributed by atoms with E-state index in [-0.39, 0.29) is 11.9 Å². The van der Waals surface area contributed by atoms with Crippen molar-refractivity contribution in [3.05, 3.63) is 53.6 Å². The highest BCUT2D eigenvalue weighted by Crippen LogP contribution is 2.34. The fraction of sp³-hybridized carbons (Fsp3) is 0.409. The van der Waals surface area contributed by atoms with Crippen LogP contribution in [0.1, 0.15) is 36.4 Å². The highest BCUT2D eigenvalue weighted by atomic mass is 16.5. The van der Waals surface area contributed by atoms with Gasteiger partial charge in [0.25, 0.3) is 0 Å². The number of benzene rings is 2. The molecule has 1 aliphatic rings. The summed E-state index contributed by atoms with van der Waals surface area (Å²) in [6.45, 7) is 0.821. The number of likely N-dealkylation sites (tertiary alicyclic amines) is 1. The molecule has 0 aliphatic carbocycles. The summed E-state index contributed by atoms with van der Waals surface area (Å²) in [6, 6.07) is 14.0. The fourth-order valence-corrected chi connectivity index (χ4v) is 3.67. The molecule has 1 amide bonds. The van der Waals surface area contributed by atoms with Crippen LogP contribution in [0, 0.1) is 0 Å². The minimum Gasteiger partial charge on any atom is -0.497 e. The maximum absolute atomic E-state index is 12.8. The summed E-state index contributed by atoms with van der Waals surface area (Å²) < 4.78 is 15.8. The van der Waals surface area contributed by atoms with Crippen molar-refractivity contribution >= 4 is 5.91 Å². The van der Waals surface area contributed by atoms with E-state index in [1.807, 2.05) is 35.2 Å². The van der Waals surface area contributed by atoms with Crippen molar-refractivity contribution in [1.82, 2.24) is 4.90 Å². The SMILES string of the molecule is COc1ccc(C2CCCN2C(=O)CCc2ccc(OC)c(OC)c2)cc1. The quantitative estimate of drug-likeness (QED) is 0.740. The first-order chi connectivity index (χ1) is 13.2. The first-order valence-corrected chi connectivity index (χ1v) is 9.30. The number of carbonyl (C=O) groups excluding carboxylic acids is 1. The maximum Gasteiger partial charge on any atom is 0.223 e. The molecule has 144 valence electrons. The zero-order chi connectivity index (χ0) is 19.2. The van der Waals surface area contributed by atoms with Gasteiger partial charge in [-0.3, -0.25) is 4.79 Å². The van der Waals surface area contributed by atoms with Crippen LogP contribution in [-0.2, 0) is 11.2 Å². The van der Waals surface area contributed by atoms with Gasteiger partial charge in [0.2, 0.25) is 5.91 Å². The third kappa shape index (κ3) is 4.35. The van der Waals surface area contributed by atoms with E-state index < -0.39 is 0 Å². The molecule has 27 heavy (non-hydrogen) atoms. The van der Waals surface area contributed by atoms with Gasteiger partial charge in [0.1, 0.15) is 5.75 Å². The second kappa shape index (κ2) is 8.80. The second-order valence-electron chi connectivity index (χ2n) is 6.71. The Labute approximate surface area is 160 Å². The van der Waals surface area contributed by atoms with Crippen LogP contribution < -0.4 is 14.2 Å². The van der Waals surface area contributed by atoms with Crippen molar-refractivity contribution in [2.24, 2.45) is 0 Å². The van der Waals surface area contributed by atoms with Gasteiger partial charge in [-0.1, -0.05) is 18.2 Å². The van der Waals surface area contributed by atoms with Gasteiger partial charge < -0.3 is 19.1 Å². The van der Waals surface area contributed by atoms with Crippen molar-refractivity contribution in [2.45, 2.75) is 31.7 Å². The van der Waals surface area contributed by atoms with Crippen LogP contribution >= 0.6 is 0 Å². The molecule has 1 unspecified atom stereocenters. The molecule has 1 atom stereocenters. The molecule has 0 N–H and O–H groups in total. The van der Waals surface area contributed by atoms with Gasteiger partial charge >= 0.3 is 0 Å². The van der Waals surface area contributed by atoms with Crippen molar-refractivity contribution in [3.8, 4) is 17.2 Å². The van der Waals surface area contributed by atoms with E-state index >= 15 is 0 Å². The molecule has 1 saturated heterocycles. The Morgan fingerprint density at radius 2 is 1.74 bits per heavy atom. The molecule has 3 rings (SSSR count). The van der Waals surface area contributed by atoms with E-state index in [0.717, 1.165) is 30.7 Å². The van der Waals surface area contributed by atoms with Gasteiger partial charge in [-0.2, -0.15) is 0 Å². The van der Waals surface area contributed by atoms with Crippen LogP contribution in [0.5, 0.6) is 17.2 Å². The Balaban J connectivity index is 1.64. The molecule has 0 spiro atoms. The zero-order valence-corrected chi connectivity index (χ0v) is 16.2. The first-order valence-electron chi connectivity index (χ1n) is 9.30. The number of amides is 1. The number of methoxy groups -OCH3 is 3. The lowest BCUT2D eigenvalue weighted by molar-refractivity contribution is -0.132. The van der Waals surface area contributed by atoms with Crippen molar-refractivity contribution in [3.63, 3.8) is 0 Å². The number of hydrogen-bond acceptors (Lipinski definition) is 4. The Morgan fingerprint density at radius 1 is 1.00 bits per heavy atom. The average molecular weight is 369 g/mol. The van der Waals surface area contributed by atoms with E-state index in [1.165, 1.54) is 5.56 Å². The van der Waals surface area contributed by atoms with Crippen molar-refractivity contribution in [2.75, 3.05) is 27.9 Å². The van der Waals surface area contributed by atoms with E-state index in [1.54, 1.807) is 21.3 Å². The summed E-state index contributed by atoms with van der Waals surface area (Å²) in [4.78, 5) is 14.9. The molecular weight excluding hydrogens is 342 g/mol. The van der Waals surface area contributed by atoms with Crippen LogP contribution in [0.15, 0.2) is 42.5 Å². The standard InChI is InChI=1S/C22H27NO4/c1-25-18-10-8-17(9-11-18)19-5-4-14-23(19)22(24)13-7-16-6-12-20(26-2)21(15-16)27-3/h6,8-12,15,19H,4-5,7,13-14H2,1-3H3. The molecule has 1 fully saturated rings. The topological polar surface area (TPSA) is 48.0 Å². The average Bonchev–Trinajstić information content (AvgIpc) is 3.21. The number of hydrogen-bond donors (Lipinski definition) is 0. The smallest absolute Gasteiger partial charge is 0.223 e. The monoisotopic (exact) mass is 369 g/mol. The molecule has 0 aromatic heterocycles. The van der Waals surface area contributed by atoms with Crippen molar-refractivity contribution in [1.29, 1.82) is 0 Å². The van der Waals surface area contributed by atoms with E-state index in [9.17, 15) is 4.79 Å². The second-order valence-corrected chi connectivity index (χ2v) is 6.71. The molecule has 1 heterocycles. The molecule has 0 bridgehead atoms. The Hall–Kier alpha value is -2.69. The minimum atomic E-state index is 0.161. The van der Waals surface area contributed by atoms with E-state index in [4.69, 9.17) is 14.2 Å². The van der Waals surface area contributed by atoms with E-state index in [2.05, 4.69) is 12.1 Å². The Bertz CT molecular complexity index is 772. The highest BCUT2D eigenvalue weighted by molar-refractivity contribution is 5.77. The summed E-state index contributed by atoms with van der Waals surface area (Å²) in [5.41, 5.74) is 2.24. The van der Waals surface area contributed by atoms with Gasteiger partial charge in [-0.15, -0.1) is 0 Å². The van der Waals surface area contributed by atoms with Gasteiger partial charge in [0, 0.05) is 13.0 Å². The summed E-state index contributed by atoms with van der Waals surface area (Å²) in [5.74, 6) is 2.43. The van der Waals surface area contributed by atoms with Crippen LogP contribution in [0.3, 0.4) is 0 Å². The lowest BCUT2D eigenvalue weighted by Gasteiger charge is -2.25. The molecular formula is C22H27NO4. The van der Waals surface area contributed by atoms with Crippen LogP contribution in [0.4, 0.5) is 0 Å². The number of ether oxygens (including phenoxy) is 3. The number of aryl methyl sites for hydroxylation is 1. The Morgan fingerprint density at radius 3 is 2.41 bits per heavy atom. The zero-order valence-electron chi connectivity index (χ0n) is 16.2. The van der Waals surface area contributed by atoms with Crippen molar-refractivity contribution < 1.29 is 19.0 Å².